The Kier molecular flexibility index (Phi) is 6.26. The Balaban J connectivity index is 0.000000191. The third kappa shape index (κ3) is 5.25. The van der Waals surface area contributed by atoms with Crippen LogP contribution in [-0.4, -0.2) is 14.5 Å². The Morgan fingerprint density at radius 1 is 1.11 bits per heavy atom. The zero-order valence-electron chi connectivity index (χ0n) is 12.7. The predicted octanol–water partition coefficient (Wildman–Crippen LogP) is 4.23. The highest BCUT2D eigenvalue weighted by Gasteiger charge is 1.97. The van der Waals surface area contributed by atoms with Gasteiger partial charge in [0.2, 0.25) is 0 Å². The van der Waals surface area contributed by atoms with E-state index in [2.05, 4.69) is 55.4 Å². The van der Waals surface area contributed by atoms with Gasteiger partial charge >= 0.3 is 0 Å². The summed E-state index contributed by atoms with van der Waals surface area (Å²) in [7, 11) is 0. The van der Waals surface area contributed by atoms with Crippen molar-refractivity contribution >= 4 is 0 Å². The van der Waals surface area contributed by atoms with E-state index in [-0.39, 0.29) is 0 Å². The summed E-state index contributed by atoms with van der Waals surface area (Å²) < 4.78 is 2.12. The summed E-state index contributed by atoms with van der Waals surface area (Å²) >= 11 is 0. The Bertz CT molecular complexity index is 458. The lowest BCUT2D eigenvalue weighted by atomic mass is 10.1. The van der Waals surface area contributed by atoms with Crippen LogP contribution in [0.5, 0.6) is 0 Å². The van der Waals surface area contributed by atoms with E-state index >= 15 is 0 Å². The standard InChI is InChI=1S/C8H14N2.C8H11N/c1-4-8-5-10(6-9-8)7(2)3;1-7(2)8-5-3-4-6-9-8/h5-7H,4H2,1-3H3;3-7H,1-2H3. The maximum atomic E-state index is 4.22. The third-order valence-corrected chi connectivity index (χ3v) is 2.89. The number of pyridine rings is 1. The van der Waals surface area contributed by atoms with Crippen LogP contribution >= 0.6 is 0 Å². The summed E-state index contributed by atoms with van der Waals surface area (Å²) in [6.07, 6.45) is 6.85. The predicted molar refractivity (Wildman–Crippen MR) is 80.3 cm³/mol. The average Bonchev–Trinajstić information content (AvgIpc) is 2.89. The number of aromatic nitrogens is 3. The van der Waals surface area contributed by atoms with Crippen LogP contribution in [0.4, 0.5) is 0 Å². The summed E-state index contributed by atoms with van der Waals surface area (Å²) in [6, 6.07) is 6.53. The van der Waals surface area contributed by atoms with Gasteiger partial charge < -0.3 is 4.57 Å². The van der Waals surface area contributed by atoms with Gasteiger partial charge in [-0.2, -0.15) is 0 Å². The van der Waals surface area contributed by atoms with Gasteiger partial charge in [-0.3, -0.25) is 4.98 Å². The summed E-state index contributed by atoms with van der Waals surface area (Å²) in [5, 5.41) is 0. The first-order valence-corrected chi connectivity index (χ1v) is 6.97. The first-order valence-electron chi connectivity index (χ1n) is 6.97. The summed E-state index contributed by atoms with van der Waals surface area (Å²) in [5.41, 5.74) is 2.34. The van der Waals surface area contributed by atoms with Crippen molar-refractivity contribution in [1.29, 1.82) is 0 Å². The normalized spacial score (nSPS) is 10.5. The van der Waals surface area contributed by atoms with E-state index in [4.69, 9.17) is 0 Å². The highest BCUT2D eigenvalue weighted by molar-refractivity contribution is 5.06. The number of rotatable bonds is 3. The largest absolute Gasteiger partial charge is 0.335 e. The van der Waals surface area contributed by atoms with Gasteiger partial charge in [0.05, 0.1) is 12.0 Å². The fourth-order valence-corrected chi connectivity index (χ4v) is 1.56. The van der Waals surface area contributed by atoms with E-state index in [0.717, 1.165) is 12.1 Å². The second-order valence-corrected chi connectivity index (χ2v) is 5.17. The van der Waals surface area contributed by atoms with Crippen LogP contribution < -0.4 is 0 Å². The Morgan fingerprint density at radius 3 is 2.16 bits per heavy atom. The van der Waals surface area contributed by atoms with E-state index in [9.17, 15) is 0 Å². The van der Waals surface area contributed by atoms with Crippen molar-refractivity contribution in [3.63, 3.8) is 0 Å². The minimum absolute atomic E-state index is 0.535. The molecule has 0 aromatic carbocycles. The minimum atomic E-state index is 0.535. The van der Waals surface area contributed by atoms with E-state index in [1.807, 2.05) is 30.7 Å². The SMILES string of the molecule is CC(C)c1ccccn1.CCc1cn(C(C)C)cn1. The highest BCUT2D eigenvalue weighted by atomic mass is 15.0. The minimum Gasteiger partial charge on any atom is -0.335 e. The van der Waals surface area contributed by atoms with Gasteiger partial charge in [0, 0.05) is 24.1 Å². The maximum absolute atomic E-state index is 4.22. The molecule has 0 aliphatic rings. The number of hydrogen-bond donors (Lipinski definition) is 0. The molecule has 0 aliphatic carbocycles. The smallest absolute Gasteiger partial charge is 0.0951 e. The van der Waals surface area contributed by atoms with Crippen molar-refractivity contribution in [1.82, 2.24) is 14.5 Å². The van der Waals surface area contributed by atoms with Gasteiger partial charge in [0.25, 0.3) is 0 Å². The highest BCUT2D eigenvalue weighted by Crippen LogP contribution is 2.08. The molecule has 0 saturated heterocycles. The number of hydrogen-bond acceptors (Lipinski definition) is 2. The molecule has 0 amide bonds. The van der Waals surface area contributed by atoms with E-state index in [1.54, 1.807) is 0 Å². The lowest BCUT2D eigenvalue weighted by Crippen LogP contribution is -1.95. The van der Waals surface area contributed by atoms with Crippen LogP contribution in [-0.2, 0) is 6.42 Å². The molecular weight excluding hydrogens is 234 g/mol. The molecule has 0 N–H and O–H groups in total. The number of aryl methyl sites for hydroxylation is 1. The summed E-state index contributed by atoms with van der Waals surface area (Å²) in [4.78, 5) is 8.40. The molecule has 0 atom stereocenters. The second-order valence-electron chi connectivity index (χ2n) is 5.17. The number of imidazole rings is 1. The molecule has 0 saturated carbocycles. The van der Waals surface area contributed by atoms with Crippen LogP contribution in [0.1, 0.15) is 58.0 Å². The molecule has 0 unspecified atom stereocenters. The van der Waals surface area contributed by atoms with Gasteiger partial charge in [0.1, 0.15) is 0 Å². The Morgan fingerprint density at radius 2 is 1.84 bits per heavy atom. The molecule has 0 spiro atoms. The van der Waals surface area contributed by atoms with Crippen molar-refractivity contribution in [3.05, 3.63) is 48.3 Å². The van der Waals surface area contributed by atoms with Gasteiger partial charge in [-0.25, -0.2) is 4.98 Å². The van der Waals surface area contributed by atoms with Gasteiger partial charge in [0.15, 0.2) is 0 Å². The van der Waals surface area contributed by atoms with Crippen LogP contribution in [0.15, 0.2) is 36.9 Å². The zero-order valence-corrected chi connectivity index (χ0v) is 12.7. The molecule has 2 aromatic rings. The first kappa shape index (κ1) is 15.4. The van der Waals surface area contributed by atoms with Crippen molar-refractivity contribution in [3.8, 4) is 0 Å². The van der Waals surface area contributed by atoms with Crippen LogP contribution in [0.3, 0.4) is 0 Å². The molecule has 0 fully saturated rings. The maximum Gasteiger partial charge on any atom is 0.0951 e. The molecule has 0 bridgehead atoms. The van der Waals surface area contributed by atoms with Crippen LogP contribution in [0, 0.1) is 0 Å². The topological polar surface area (TPSA) is 30.7 Å². The molecule has 19 heavy (non-hydrogen) atoms. The Hall–Kier alpha value is -1.64. The monoisotopic (exact) mass is 259 g/mol. The van der Waals surface area contributed by atoms with E-state index in [1.165, 1.54) is 5.69 Å². The second kappa shape index (κ2) is 7.72. The zero-order chi connectivity index (χ0) is 14.3. The third-order valence-electron chi connectivity index (χ3n) is 2.89. The van der Waals surface area contributed by atoms with Gasteiger partial charge in [-0.15, -0.1) is 0 Å². The summed E-state index contributed by atoms with van der Waals surface area (Å²) in [5.74, 6) is 0.547. The molecule has 3 nitrogen and oxygen atoms in total. The number of nitrogens with zero attached hydrogens (tertiary/aromatic N) is 3. The quantitative estimate of drug-likeness (QED) is 0.825. The fraction of sp³-hybridized carbons (Fsp3) is 0.500. The molecule has 104 valence electrons. The van der Waals surface area contributed by atoms with Crippen LogP contribution in [0.25, 0.3) is 0 Å². The Labute approximate surface area is 116 Å². The van der Waals surface area contributed by atoms with Crippen molar-refractivity contribution in [2.45, 2.75) is 53.0 Å². The molecule has 2 heterocycles. The van der Waals surface area contributed by atoms with Crippen molar-refractivity contribution < 1.29 is 0 Å². The molecule has 3 heteroatoms. The lowest BCUT2D eigenvalue weighted by Gasteiger charge is -2.03. The average molecular weight is 259 g/mol. The van der Waals surface area contributed by atoms with E-state index in [0.29, 0.717) is 12.0 Å². The van der Waals surface area contributed by atoms with Crippen LogP contribution in [0.2, 0.25) is 0 Å². The summed E-state index contributed by atoms with van der Waals surface area (Å²) in [6.45, 7) is 10.7. The molecular formula is C16H25N3. The lowest BCUT2D eigenvalue weighted by molar-refractivity contribution is 0.599. The fourth-order valence-electron chi connectivity index (χ4n) is 1.56. The first-order chi connectivity index (χ1) is 9.04. The molecule has 2 rings (SSSR count). The van der Waals surface area contributed by atoms with Crippen molar-refractivity contribution in [2.24, 2.45) is 0 Å². The van der Waals surface area contributed by atoms with E-state index < -0.39 is 0 Å². The van der Waals surface area contributed by atoms with Crippen molar-refractivity contribution in [2.75, 3.05) is 0 Å². The van der Waals surface area contributed by atoms with Gasteiger partial charge in [-0.1, -0.05) is 26.8 Å². The molecule has 0 radical (unpaired) electrons. The van der Waals surface area contributed by atoms with Gasteiger partial charge in [-0.05, 0) is 38.3 Å². The molecule has 2 aromatic heterocycles. The molecule has 0 aliphatic heterocycles.